The van der Waals surface area contributed by atoms with Gasteiger partial charge in [0.1, 0.15) is 22.6 Å². The minimum atomic E-state index is -3.92. The van der Waals surface area contributed by atoms with Crippen LogP contribution in [0.1, 0.15) is 6.42 Å². The maximum atomic E-state index is 13.6. The first-order chi connectivity index (χ1) is 12.5. The molecule has 1 aromatic heterocycles. The monoisotopic (exact) mass is 383 g/mol. The molecule has 1 aliphatic heterocycles. The number of hydrogen-bond acceptors (Lipinski definition) is 7. The molecule has 1 aliphatic rings. The van der Waals surface area contributed by atoms with Gasteiger partial charge in [-0.3, -0.25) is 0 Å². The summed E-state index contributed by atoms with van der Waals surface area (Å²) < 4.78 is 56.4. The Bertz CT molecular complexity index is 893. The fraction of sp³-hybridized carbons (Fsp3) is 0.375. The summed E-state index contributed by atoms with van der Waals surface area (Å²) in [6.07, 6.45) is 2.96. The molecule has 8 nitrogen and oxygen atoms in total. The number of rotatable bonds is 6. The highest BCUT2D eigenvalue weighted by molar-refractivity contribution is 7.89. The van der Waals surface area contributed by atoms with E-state index in [-0.39, 0.29) is 35.5 Å². The van der Waals surface area contributed by atoms with Crippen molar-refractivity contribution in [2.75, 3.05) is 27.3 Å². The number of halogens is 1. The Kier molecular flexibility index (Phi) is 5.23. The Balaban J connectivity index is 1.79. The Morgan fingerprint density at radius 2 is 1.88 bits per heavy atom. The van der Waals surface area contributed by atoms with Crippen molar-refractivity contribution in [2.45, 2.75) is 17.4 Å². The molecule has 0 radical (unpaired) electrons. The predicted octanol–water partition coefficient (Wildman–Crippen LogP) is 1.47. The molecule has 0 amide bonds. The van der Waals surface area contributed by atoms with Gasteiger partial charge in [-0.2, -0.15) is 4.31 Å². The summed E-state index contributed by atoms with van der Waals surface area (Å²) in [5.74, 6) is -0.143. The molecule has 3 rings (SSSR count). The van der Waals surface area contributed by atoms with Crippen molar-refractivity contribution in [1.82, 2.24) is 14.3 Å². The fourth-order valence-electron chi connectivity index (χ4n) is 2.69. The zero-order valence-corrected chi connectivity index (χ0v) is 15.1. The molecule has 1 fully saturated rings. The van der Waals surface area contributed by atoms with Crippen LogP contribution in [-0.2, 0) is 10.0 Å². The summed E-state index contributed by atoms with van der Waals surface area (Å²) in [5.41, 5.74) is 0. The predicted molar refractivity (Wildman–Crippen MR) is 89.3 cm³/mol. The Labute approximate surface area is 150 Å². The minimum Gasteiger partial charge on any atom is -0.495 e. The summed E-state index contributed by atoms with van der Waals surface area (Å²) in [7, 11) is -1.15. The first kappa shape index (κ1) is 18.3. The van der Waals surface area contributed by atoms with Gasteiger partial charge in [-0.25, -0.2) is 22.8 Å². The van der Waals surface area contributed by atoms with Crippen LogP contribution in [0, 0.1) is 5.82 Å². The lowest BCUT2D eigenvalue weighted by Gasteiger charge is -2.19. The average Bonchev–Trinajstić information content (AvgIpc) is 3.11. The molecule has 140 valence electrons. The van der Waals surface area contributed by atoms with Crippen LogP contribution in [0.5, 0.6) is 17.5 Å². The summed E-state index contributed by atoms with van der Waals surface area (Å²) in [6.45, 7) is 0.330. The van der Waals surface area contributed by atoms with Crippen LogP contribution in [0.4, 0.5) is 4.39 Å². The molecule has 0 bridgehead atoms. The van der Waals surface area contributed by atoms with Crippen molar-refractivity contribution in [3.05, 3.63) is 36.4 Å². The minimum absolute atomic E-state index is 0.0892. The fourth-order valence-corrected chi connectivity index (χ4v) is 4.35. The van der Waals surface area contributed by atoms with Gasteiger partial charge in [0.15, 0.2) is 0 Å². The van der Waals surface area contributed by atoms with Crippen LogP contribution in [0.2, 0.25) is 0 Å². The first-order valence-electron chi connectivity index (χ1n) is 7.81. The number of methoxy groups -OCH3 is 2. The molecule has 0 spiro atoms. The molecule has 2 heterocycles. The van der Waals surface area contributed by atoms with E-state index in [2.05, 4.69) is 9.97 Å². The molecule has 2 aromatic rings. The van der Waals surface area contributed by atoms with Gasteiger partial charge in [-0.15, -0.1) is 0 Å². The molecule has 26 heavy (non-hydrogen) atoms. The maximum Gasteiger partial charge on any atom is 0.278 e. The van der Waals surface area contributed by atoms with Gasteiger partial charge in [0.25, 0.3) is 11.8 Å². The van der Waals surface area contributed by atoms with E-state index < -0.39 is 21.9 Å². The number of hydrogen-bond donors (Lipinski definition) is 0. The van der Waals surface area contributed by atoms with Crippen LogP contribution in [0.15, 0.2) is 35.5 Å². The third-order valence-electron chi connectivity index (χ3n) is 3.96. The highest BCUT2D eigenvalue weighted by Crippen LogP contribution is 2.31. The molecule has 0 unspecified atom stereocenters. The number of aromatic nitrogens is 2. The first-order valence-corrected chi connectivity index (χ1v) is 9.25. The molecule has 1 aromatic carbocycles. The number of nitrogens with zero attached hydrogens (tertiary/aromatic N) is 3. The highest BCUT2D eigenvalue weighted by Gasteiger charge is 2.36. The lowest BCUT2D eigenvalue weighted by atomic mass is 10.3. The highest BCUT2D eigenvalue weighted by atomic mass is 32.2. The Hall–Kier alpha value is -2.46. The molecule has 0 N–H and O–H groups in total. The second-order valence-electron chi connectivity index (χ2n) is 5.56. The van der Waals surface area contributed by atoms with Crippen molar-refractivity contribution < 1.29 is 27.0 Å². The lowest BCUT2D eigenvalue weighted by Crippen LogP contribution is -2.31. The summed E-state index contributed by atoms with van der Waals surface area (Å²) in [4.78, 5) is 7.83. The normalized spacial score (nSPS) is 17.9. The van der Waals surface area contributed by atoms with Crippen LogP contribution < -0.4 is 14.2 Å². The van der Waals surface area contributed by atoms with E-state index in [1.165, 1.54) is 37.0 Å². The third-order valence-corrected chi connectivity index (χ3v) is 5.84. The largest absolute Gasteiger partial charge is 0.495 e. The second kappa shape index (κ2) is 7.42. The van der Waals surface area contributed by atoms with E-state index in [4.69, 9.17) is 14.2 Å². The van der Waals surface area contributed by atoms with E-state index in [1.807, 2.05) is 0 Å². The van der Waals surface area contributed by atoms with E-state index >= 15 is 0 Å². The number of benzene rings is 1. The summed E-state index contributed by atoms with van der Waals surface area (Å²) >= 11 is 0. The summed E-state index contributed by atoms with van der Waals surface area (Å²) in [6, 6.07) is 3.39. The van der Waals surface area contributed by atoms with Crippen LogP contribution in [0.3, 0.4) is 0 Å². The van der Waals surface area contributed by atoms with Crippen LogP contribution in [-0.4, -0.2) is 56.1 Å². The third kappa shape index (κ3) is 3.56. The van der Waals surface area contributed by atoms with E-state index in [0.29, 0.717) is 6.42 Å². The molecule has 1 saturated heterocycles. The van der Waals surface area contributed by atoms with E-state index in [0.717, 1.165) is 12.1 Å². The van der Waals surface area contributed by atoms with Gasteiger partial charge in [0, 0.05) is 18.9 Å². The van der Waals surface area contributed by atoms with Crippen LogP contribution >= 0.6 is 0 Å². The SMILES string of the molecule is COc1ccc(F)cc1S(=O)(=O)N1CC[C@@H](Oc2nccnc2OC)C1. The van der Waals surface area contributed by atoms with Crippen molar-refractivity contribution in [3.8, 4) is 17.5 Å². The molecule has 1 atom stereocenters. The zero-order chi connectivity index (χ0) is 18.7. The van der Waals surface area contributed by atoms with Gasteiger partial charge >= 0.3 is 0 Å². The summed E-state index contributed by atoms with van der Waals surface area (Å²) in [5, 5.41) is 0. The molecular formula is C16H18FN3O5S. The molecule has 0 saturated carbocycles. The lowest BCUT2D eigenvalue weighted by molar-refractivity contribution is 0.194. The number of sulfonamides is 1. The van der Waals surface area contributed by atoms with Crippen LogP contribution in [0.25, 0.3) is 0 Å². The molecular weight excluding hydrogens is 365 g/mol. The average molecular weight is 383 g/mol. The van der Waals surface area contributed by atoms with Crippen molar-refractivity contribution >= 4 is 10.0 Å². The van der Waals surface area contributed by atoms with Crippen molar-refractivity contribution in [2.24, 2.45) is 0 Å². The standard InChI is InChI=1S/C16H18FN3O5S/c1-23-13-4-3-11(17)9-14(13)26(21,22)20-8-5-12(10-20)25-16-15(24-2)18-6-7-19-16/h3-4,6-7,9,12H,5,8,10H2,1-2H3/t12-/m1/s1. The van der Waals surface area contributed by atoms with E-state index in [9.17, 15) is 12.8 Å². The van der Waals surface area contributed by atoms with Crippen molar-refractivity contribution in [3.63, 3.8) is 0 Å². The smallest absolute Gasteiger partial charge is 0.278 e. The van der Waals surface area contributed by atoms with Crippen molar-refractivity contribution in [1.29, 1.82) is 0 Å². The van der Waals surface area contributed by atoms with Gasteiger partial charge in [0.2, 0.25) is 10.0 Å². The zero-order valence-electron chi connectivity index (χ0n) is 14.3. The number of ether oxygens (including phenoxy) is 3. The van der Waals surface area contributed by atoms with Gasteiger partial charge in [-0.05, 0) is 24.6 Å². The van der Waals surface area contributed by atoms with E-state index in [1.54, 1.807) is 0 Å². The Morgan fingerprint density at radius 3 is 2.58 bits per heavy atom. The maximum absolute atomic E-state index is 13.6. The van der Waals surface area contributed by atoms with Gasteiger partial charge in [0.05, 0.1) is 20.8 Å². The molecule has 0 aliphatic carbocycles. The second-order valence-corrected chi connectivity index (χ2v) is 7.46. The quantitative estimate of drug-likeness (QED) is 0.746. The van der Waals surface area contributed by atoms with Gasteiger partial charge < -0.3 is 14.2 Å². The molecule has 10 heteroatoms. The Morgan fingerprint density at radius 1 is 1.15 bits per heavy atom. The topological polar surface area (TPSA) is 90.9 Å². The van der Waals surface area contributed by atoms with Gasteiger partial charge in [-0.1, -0.05) is 0 Å².